The molecular formula is C19H26N4O6. The topological polar surface area (TPSA) is 131 Å². The molecule has 10 heteroatoms. The van der Waals surface area contributed by atoms with Crippen molar-refractivity contribution in [3.05, 3.63) is 40.3 Å². The number of carbonyl (C=O) groups excluding carboxylic acids is 1. The Bertz CT molecular complexity index is 696. The fourth-order valence-corrected chi connectivity index (χ4v) is 3.26. The lowest BCUT2D eigenvalue weighted by atomic mass is 10.1. The van der Waals surface area contributed by atoms with Crippen molar-refractivity contribution < 1.29 is 24.6 Å². The summed E-state index contributed by atoms with van der Waals surface area (Å²) in [6, 6.07) is 6.70. The van der Waals surface area contributed by atoms with Crippen LogP contribution in [0.3, 0.4) is 0 Å². The van der Waals surface area contributed by atoms with Gasteiger partial charge in [0, 0.05) is 56.6 Å². The maximum Gasteiger partial charge on any atom is 0.317 e. The fourth-order valence-electron chi connectivity index (χ4n) is 3.26. The van der Waals surface area contributed by atoms with Gasteiger partial charge in [0.1, 0.15) is 0 Å². The van der Waals surface area contributed by atoms with Gasteiger partial charge in [0.2, 0.25) is 0 Å². The molecule has 1 aliphatic heterocycles. The number of rotatable bonds is 8. The van der Waals surface area contributed by atoms with E-state index in [4.69, 9.17) is 10.2 Å². The van der Waals surface area contributed by atoms with Crippen molar-refractivity contribution in [2.45, 2.75) is 6.42 Å². The second-order valence-electron chi connectivity index (χ2n) is 7.02. The Hall–Kier alpha value is -2.69. The first-order valence-electron chi connectivity index (χ1n) is 9.44. The molecule has 1 aromatic carbocycles. The second kappa shape index (κ2) is 11.3. The van der Waals surface area contributed by atoms with E-state index in [0.29, 0.717) is 52.2 Å². The quantitative estimate of drug-likeness (QED) is 0.582. The first kappa shape index (κ1) is 22.6. The summed E-state index contributed by atoms with van der Waals surface area (Å²) in [5, 5.41) is 20.6. The predicted molar refractivity (Wildman–Crippen MR) is 105 cm³/mol. The van der Waals surface area contributed by atoms with Crippen molar-refractivity contribution in [1.82, 2.24) is 14.7 Å². The first-order chi connectivity index (χ1) is 13.9. The molecule has 0 aromatic heterocycles. The molecule has 0 aliphatic carbocycles. The highest BCUT2D eigenvalue weighted by Gasteiger charge is 2.19. The zero-order valence-corrected chi connectivity index (χ0v) is 16.2. The van der Waals surface area contributed by atoms with E-state index in [2.05, 4.69) is 10.1 Å². The van der Waals surface area contributed by atoms with E-state index in [0.717, 1.165) is 5.56 Å². The maximum atomic E-state index is 11.3. The Morgan fingerprint density at radius 2 is 1.24 bits per heavy atom. The smallest absolute Gasteiger partial charge is 0.317 e. The summed E-state index contributed by atoms with van der Waals surface area (Å²) >= 11 is 0. The van der Waals surface area contributed by atoms with Crippen LogP contribution >= 0.6 is 0 Å². The molecule has 0 radical (unpaired) electrons. The number of hydrogen-bond acceptors (Lipinski definition) is 7. The van der Waals surface area contributed by atoms with Crippen LogP contribution in [0.1, 0.15) is 15.9 Å². The second-order valence-corrected chi connectivity index (χ2v) is 7.02. The molecule has 1 fully saturated rings. The third kappa shape index (κ3) is 8.06. The third-order valence-electron chi connectivity index (χ3n) is 4.92. The predicted octanol–water partition coefficient (Wildman–Crippen LogP) is 0.225. The monoisotopic (exact) mass is 406 g/mol. The van der Waals surface area contributed by atoms with Crippen molar-refractivity contribution in [3.63, 3.8) is 0 Å². The zero-order chi connectivity index (χ0) is 21.2. The van der Waals surface area contributed by atoms with Gasteiger partial charge in [-0.3, -0.25) is 24.2 Å². The Labute approximate surface area is 168 Å². The number of carboxylic acid groups (broad SMARTS) is 2. The molecule has 0 spiro atoms. The molecule has 2 N–H and O–H groups in total. The van der Waals surface area contributed by atoms with Crippen LogP contribution in [0.2, 0.25) is 0 Å². The average molecular weight is 406 g/mol. The number of carbonyl (C=O) groups is 3. The molecule has 2 rings (SSSR count). The molecule has 0 atom stereocenters. The van der Waals surface area contributed by atoms with Gasteiger partial charge in [-0.05, 0) is 24.1 Å². The molecule has 0 saturated carbocycles. The minimum absolute atomic E-state index is 0.0744. The van der Waals surface area contributed by atoms with Crippen molar-refractivity contribution in [2.24, 2.45) is 5.18 Å². The molecule has 158 valence electrons. The highest BCUT2D eigenvalue weighted by atomic mass is 16.4. The largest absolute Gasteiger partial charge is 0.480 e. The van der Waals surface area contributed by atoms with E-state index < -0.39 is 17.8 Å². The summed E-state index contributed by atoms with van der Waals surface area (Å²) in [6.07, 6.45) is 0.709. The number of nitroso groups, excluding NO2 is 1. The van der Waals surface area contributed by atoms with Crippen LogP contribution in [0.4, 0.5) is 0 Å². The van der Waals surface area contributed by atoms with Crippen LogP contribution in [0.25, 0.3) is 0 Å². The van der Waals surface area contributed by atoms with Crippen molar-refractivity contribution >= 4 is 17.8 Å². The van der Waals surface area contributed by atoms with Gasteiger partial charge in [0.05, 0.1) is 13.1 Å². The van der Waals surface area contributed by atoms with Gasteiger partial charge in [0.15, 0.2) is 0 Å². The van der Waals surface area contributed by atoms with Crippen molar-refractivity contribution in [3.8, 4) is 0 Å². The van der Waals surface area contributed by atoms with E-state index in [1.54, 1.807) is 24.3 Å². The third-order valence-corrected chi connectivity index (χ3v) is 4.92. The Morgan fingerprint density at radius 1 is 0.793 bits per heavy atom. The summed E-state index contributed by atoms with van der Waals surface area (Å²) in [5.41, 5.74) is 1.25. The fraction of sp³-hybridized carbons (Fsp3) is 0.526. The number of amides is 1. The molecule has 0 unspecified atom stereocenters. The molecule has 1 amide bonds. The molecule has 0 bridgehead atoms. The van der Waals surface area contributed by atoms with E-state index in [1.807, 2.05) is 9.80 Å². The standard InChI is InChI=1S/C19H26N4O6/c24-17(25)13-22-9-7-21(8-10-23(12-11-22)14-18(26)27)6-5-15-1-3-16(4-2-15)19(28)20-29/h1-4H,5-14H2,(H,24,25)(H,26,27). The lowest BCUT2D eigenvalue weighted by Crippen LogP contribution is -2.40. The summed E-state index contributed by atoms with van der Waals surface area (Å²) in [6.45, 7) is 4.11. The first-order valence-corrected chi connectivity index (χ1v) is 9.44. The highest BCUT2D eigenvalue weighted by Crippen LogP contribution is 2.08. The van der Waals surface area contributed by atoms with Gasteiger partial charge >= 0.3 is 17.8 Å². The number of aliphatic carboxylic acids is 2. The van der Waals surface area contributed by atoms with Gasteiger partial charge < -0.3 is 15.1 Å². The number of nitrogens with zero attached hydrogens (tertiary/aromatic N) is 4. The molecule has 1 aromatic rings. The minimum atomic E-state index is -0.903. The molecule has 29 heavy (non-hydrogen) atoms. The Morgan fingerprint density at radius 3 is 1.66 bits per heavy atom. The van der Waals surface area contributed by atoms with Crippen LogP contribution in [0.5, 0.6) is 0 Å². The van der Waals surface area contributed by atoms with Gasteiger partial charge in [-0.25, -0.2) is 0 Å². The number of hydrogen-bond donors (Lipinski definition) is 2. The van der Waals surface area contributed by atoms with Crippen molar-refractivity contribution in [2.75, 3.05) is 58.9 Å². The van der Waals surface area contributed by atoms with E-state index >= 15 is 0 Å². The maximum absolute atomic E-state index is 11.3. The van der Waals surface area contributed by atoms with E-state index in [1.165, 1.54) is 0 Å². The lowest BCUT2D eigenvalue weighted by molar-refractivity contribution is -0.140. The molecule has 10 nitrogen and oxygen atoms in total. The average Bonchev–Trinajstić information content (AvgIpc) is 2.77. The number of benzene rings is 1. The highest BCUT2D eigenvalue weighted by molar-refractivity contribution is 5.94. The summed E-state index contributed by atoms with van der Waals surface area (Å²) in [7, 11) is 0. The summed E-state index contributed by atoms with van der Waals surface area (Å²) < 4.78 is 0. The normalized spacial score (nSPS) is 17.1. The van der Waals surface area contributed by atoms with Crippen molar-refractivity contribution in [1.29, 1.82) is 0 Å². The van der Waals surface area contributed by atoms with Crippen LogP contribution in [0.15, 0.2) is 29.4 Å². The lowest BCUT2D eigenvalue weighted by Gasteiger charge is -2.25. The van der Waals surface area contributed by atoms with Crippen LogP contribution < -0.4 is 0 Å². The molecule has 1 saturated heterocycles. The molecular weight excluding hydrogens is 380 g/mol. The Balaban J connectivity index is 1.97. The zero-order valence-electron chi connectivity index (χ0n) is 16.2. The minimum Gasteiger partial charge on any atom is -0.480 e. The Kier molecular flexibility index (Phi) is 8.84. The van der Waals surface area contributed by atoms with Crippen LogP contribution in [-0.2, 0) is 16.0 Å². The van der Waals surface area contributed by atoms with Gasteiger partial charge in [0.25, 0.3) is 0 Å². The SMILES string of the molecule is O=NC(=O)c1ccc(CCN2CCN(CC(=O)O)CCN(CC(=O)O)CC2)cc1. The van der Waals surface area contributed by atoms with E-state index in [9.17, 15) is 19.3 Å². The van der Waals surface area contributed by atoms with Gasteiger partial charge in [-0.2, -0.15) is 0 Å². The summed E-state index contributed by atoms with van der Waals surface area (Å²) in [5.74, 6) is -2.60. The van der Waals surface area contributed by atoms with Crippen LogP contribution in [-0.4, -0.2) is 102 Å². The summed E-state index contributed by atoms with van der Waals surface area (Å²) in [4.78, 5) is 49.6. The number of carboxylic acids is 2. The molecule has 1 heterocycles. The van der Waals surface area contributed by atoms with E-state index in [-0.39, 0.29) is 18.7 Å². The van der Waals surface area contributed by atoms with Crippen LogP contribution in [0, 0.1) is 4.91 Å². The van der Waals surface area contributed by atoms with Gasteiger partial charge in [-0.1, -0.05) is 12.1 Å². The molecule has 1 aliphatic rings. The van der Waals surface area contributed by atoms with Gasteiger partial charge in [-0.15, -0.1) is 4.91 Å².